The smallest absolute Gasteiger partial charge is 0.332 e. The van der Waals surface area contributed by atoms with Gasteiger partial charge in [0, 0.05) is 15.1 Å². The van der Waals surface area contributed by atoms with Gasteiger partial charge in [0.1, 0.15) is 12.4 Å². The molecule has 3 N–H and O–H groups in total. The van der Waals surface area contributed by atoms with E-state index in [4.69, 9.17) is 22.1 Å². The Morgan fingerprint density at radius 3 is 2.73 bits per heavy atom. The van der Waals surface area contributed by atoms with E-state index in [1.54, 1.807) is 12.1 Å². The standard InChI is InChI=1S/C15H13BrClN3O2/c16-12-3-6-14(11(7-12)8-19-20-15(18)21)22-9-10-1-4-13(17)5-2-10/h1-8H,9H2,(H3,18,20,21)/b19-8+. The molecule has 114 valence electrons. The summed E-state index contributed by atoms with van der Waals surface area (Å²) >= 11 is 9.22. The van der Waals surface area contributed by atoms with Crippen LogP contribution in [-0.2, 0) is 6.61 Å². The molecule has 2 aromatic carbocycles. The van der Waals surface area contributed by atoms with Gasteiger partial charge in [-0.1, -0.05) is 39.7 Å². The average molecular weight is 383 g/mol. The normalized spacial score (nSPS) is 10.6. The number of halogens is 2. The van der Waals surface area contributed by atoms with Gasteiger partial charge in [-0.15, -0.1) is 0 Å². The first-order valence-electron chi connectivity index (χ1n) is 6.30. The van der Waals surface area contributed by atoms with Crippen LogP contribution in [0.25, 0.3) is 0 Å². The van der Waals surface area contributed by atoms with E-state index in [0.717, 1.165) is 10.0 Å². The maximum atomic E-state index is 10.6. The fourth-order valence-electron chi connectivity index (χ4n) is 1.66. The Hall–Kier alpha value is -2.05. The van der Waals surface area contributed by atoms with Crippen molar-refractivity contribution in [3.05, 3.63) is 63.1 Å². The number of hydrogen-bond acceptors (Lipinski definition) is 3. The molecular formula is C15H13BrClN3O2. The molecule has 7 heteroatoms. The summed E-state index contributed by atoms with van der Waals surface area (Å²) in [5, 5.41) is 4.42. The molecule has 0 unspecified atom stereocenters. The lowest BCUT2D eigenvalue weighted by molar-refractivity contribution is 0.249. The number of nitrogens with one attached hydrogen (secondary N) is 1. The summed E-state index contributed by atoms with van der Waals surface area (Å²) in [5.74, 6) is 0.633. The Labute approximate surface area is 141 Å². The summed E-state index contributed by atoms with van der Waals surface area (Å²) in [6.07, 6.45) is 1.46. The van der Waals surface area contributed by atoms with Gasteiger partial charge in [0.2, 0.25) is 0 Å². The van der Waals surface area contributed by atoms with Crippen molar-refractivity contribution in [1.29, 1.82) is 0 Å². The second kappa shape index (κ2) is 7.82. The quantitative estimate of drug-likeness (QED) is 0.611. The highest BCUT2D eigenvalue weighted by atomic mass is 79.9. The Morgan fingerprint density at radius 1 is 1.32 bits per heavy atom. The summed E-state index contributed by atoms with van der Waals surface area (Å²) in [5.41, 5.74) is 8.80. The van der Waals surface area contributed by atoms with Crippen LogP contribution in [-0.4, -0.2) is 12.2 Å². The monoisotopic (exact) mass is 381 g/mol. The van der Waals surface area contributed by atoms with E-state index < -0.39 is 6.03 Å². The van der Waals surface area contributed by atoms with Gasteiger partial charge in [-0.2, -0.15) is 5.10 Å². The third kappa shape index (κ3) is 5.05. The third-order valence-corrected chi connectivity index (χ3v) is 3.40. The number of nitrogens with zero attached hydrogens (tertiary/aromatic N) is 1. The van der Waals surface area contributed by atoms with Crippen molar-refractivity contribution < 1.29 is 9.53 Å². The maximum absolute atomic E-state index is 10.6. The van der Waals surface area contributed by atoms with Crippen molar-refractivity contribution in [2.45, 2.75) is 6.61 Å². The molecule has 0 aliphatic rings. The number of hydrazone groups is 1. The molecule has 22 heavy (non-hydrogen) atoms. The lowest BCUT2D eigenvalue weighted by atomic mass is 10.2. The van der Waals surface area contributed by atoms with Crippen LogP contribution in [0.5, 0.6) is 5.75 Å². The lowest BCUT2D eigenvalue weighted by Gasteiger charge is -2.09. The number of carbonyl (C=O) groups is 1. The first kappa shape index (κ1) is 16.3. The molecular weight excluding hydrogens is 370 g/mol. The van der Waals surface area contributed by atoms with Crippen LogP contribution in [0.15, 0.2) is 52.0 Å². The molecule has 2 amide bonds. The molecule has 5 nitrogen and oxygen atoms in total. The van der Waals surface area contributed by atoms with Crippen LogP contribution in [0.2, 0.25) is 5.02 Å². The SMILES string of the molecule is NC(=O)N/N=C/c1cc(Br)ccc1OCc1ccc(Cl)cc1. The van der Waals surface area contributed by atoms with Crippen LogP contribution < -0.4 is 15.9 Å². The van der Waals surface area contributed by atoms with Gasteiger partial charge in [0.25, 0.3) is 0 Å². The molecule has 0 saturated heterocycles. The average Bonchev–Trinajstić information content (AvgIpc) is 2.48. The van der Waals surface area contributed by atoms with Gasteiger partial charge in [0.15, 0.2) is 0 Å². The molecule has 0 bridgehead atoms. The summed E-state index contributed by atoms with van der Waals surface area (Å²) in [6, 6.07) is 12.2. The molecule has 0 aromatic heterocycles. The molecule has 0 radical (unpaired) electrons. The minimum absolute atomic E-state index is 0.392. The highest BCUT2D eigenvalue weighted by Crippen LogP contribution is 2.23. The number of benzene rings is 2. The predicted molar refractivity (Wildman–Crippen MR) is 90.2 cm³/mol. The van der Waals surface area contributed by atoms with Gasteiger partial charge in [0.05, 0.1) is 6.21 Å². The molecule has 2 aromatic rings. The van der Waals surface area contributed by atoms with Gasteiger partial charge in [-0.25, -0.2) is 10.2 Å². The minimum atomic E-state index is -0.727. The fraction of sp³-hybridized carbons (Fsp3) is 0.0667. The number of rotatable bonds is 5. The van der Waals surface area contributed by atoms with Gasteiger partial charge in [-0.3, -0.25) is 0 Å². The van der Waals surface area contributed by atoms with Crippen molar-refractivity contribution in [1.82, 2.24) is 5.43 Å². The summed E-state index contributed by atoms with van der Waals surface area (Å²) in [7, 11) is 0. The summed E-state index contributed by atoms with van der Waals surface area (Å²) in [6.45, 7) is 0.392. The number of carbonyl (C=O) groups excluding carboxylic acids is 1. The molecule has 0 fully saturated rings. The van der Waals surface area contributed by atoms with E-state index in [1.165, 1.54) is 6.21 Å². The molecule has 0 spiro atoms. The highest BCUT2D eigenvalue weighted by Gasteiger charge is 2.04. The maximum Gasteiger partial charge on any atom is 0.332 e. The first-order valence-corrected chi connectivity index (χ1v) is 7.47. The number of nitrogens with two attached hydrogens (primary N) is 1. The zero-order valence-electron chi connectivity index (χ0n) is 11.4. The van der Waals surface area contributed by atoms with Crippen molar-refractivity contribution in [3.8, 4) is 5.75 Å². The van der Waals surface area contributed by atoms with E-state index in [0.29, 0.717) is 22.9 Å². The van der Waals surface area contributed by atoms with Crippen molar-refractivity contribution in [2.75, 3.05) is 0 Å². The van der Waals surface area contributed by atoms with E-state index in [1.807, 2.05) is 30.3 Å². The topological polar surface area (TPSA) is 76.7 Å². The van der Waals surface area contributed by atoms with Gasteiger partial charge < -0.3 is 10.5 Å². The van der Waals surface area contributed by atoms with E-state index in [-0.39, 0.29) is 0 Å². The van der Waals surface area contributed by atoms with Crippen molar-refractivity contribution in [2.24, 2.45) is 10.8 Å². The lowest BCUT2D eigenvalue weighted by Crippen LogP contribution is -2.24. The third-order valence-electron chi connectivity index (χ3n) is 2.66. The fourth-order valence-corrected chi connectivity index (χ4v) is 2.16. The zero-order chi connectivity index (χ0) is 15.9. The van der Waals surface area contributed by atoms with Gasteiger partial charge >= 0.3 is 6.03 Å². The minimum Gasteiger partial charge on any atom is -0.488 e. The van der Waals surface area contributed by atoms with E-state index in [2.05, 4.69) is 26.5 Å². The molecule has 0 saturated carbocycles. The van der Waals surface area contributed by atoms with E-state index >= 15 is 0 Å². The molecule has 0 heterocycles. The summed E-state index contributed by atoms with van der Waals surface area (Å²) < 4.78 is 6.64. The first-order chi connectivity index (χ1) is 10.5. The van der Waals surface area contributed by atoms with E-state index in [9.17, 15) is 4.79 Å². The van der Waals surface area contributed by atoms with Crippen LogP contribution >= 0.6 is 27.5 Å². The van der Waals surface area contributed by atoms with Crippen LogP contribution in [0.1, 0.15) is 11.1 Å². The summed E-state index contributed by atoms with van der Waals surface area (Å²) in [4.78, 5) is 10.6. The molecule has 0 atom stereocenters. The number of hydrogen-bond donors (Lipinski definition) is 2. The second-order valence-corrected chi connectivity index (χ2v) is 5.68. The molecule has 0 aliphatic heterocycles. The van der Waals surface area contributed by atoms with Crippen LogP contribution in [0, 0.1) is 0 Å². The van der Waals surface area contributed by atoms with Crippen molar-refractivity contribution in [3.63, 3.8) is 0 Å². The Bertz CT molecular complexity index is 690. The van der Waals surface area contributed by atoms with Crippen molar-refractivity contribution >= 4 is 39.8 Å². The Kier molecular flexibility index (Phi) is 5.80. The molecule has 0 aliphatic carbocycles. The number of primary amides is 1. The second-order valence-electron chi connectivity index (χ2n) is 4.33. The highest BCUT2D eigenvalue weighted by molar-refractivity contribution is 9.10. The number of urea groups is 1. The number of amides is 2. The van der Waals surface area contributed by atoms with Crippen LogP contribution in [0.4, 0.5) is 4.79 Å². The van der Waals surface area contributed by atoms with Gasteiger partial charge in [-0.05, 0) is 35.9 Å². The largest absolute Gasteiger partial charge is 0.488 e. The number of ether oxygens (including phenoxy) is 1. The Morgan fingerprint density at radius 2 is 2.05 bits per heavy atom. The molecule has 2 rings (SSSR count). The predicted octanol–water partition coefficient (Wildman–Crippen LogP) is 3.68. The zero-order valence-corrected chi connectivity index (χ0v) is 13.8. The Balaban J connectivity index is 2.10. The van der Waals surface area contributed by atoms with Crippen LogP contribution in [0.3, 0.4) is 0 Å².